The highest BCUT2D eigenvalue weighted by atomic mass is 16.8. The smallest absolute Gasteiger partial charge is 0.184 e. The third kappa shape index (κ3) is 1.32. The summed E-state index contributed by atoms with van der Waals surface area (Å²) in [4.78, 5) is 0. The summed E-state index contributed by atoms with van der Waals surface area (Å²) in [7, 11) is 0. The van der Waals surface area contributed by atoms with Crippen molar-refractivity contribution in [1.82, 2.24) is 0 Å². The van der Waals surface area contributed by atoms with Crippen LogP contribution < -0.4 is 0 Å². The lowest BCUT2D eigenvalue weighted by Gasteiger charge is -2.12. The lowest BCUT2D eigenvalue weighted by atomic mass is 10.1. The summed E-state index contributed by atoms with van der Waals surface area (Å²) in [6, 6.07) is 0. The summed E-state index contributed by atoms with van der Waals surface area (Å²) >= 11 is 0. The Balaban J connectivity index is 1.85. The molecular formula is C8H14O2. The number of hydrogen-bond donors (Lipinski definition) is 0. The fourth-order valence-corrected chi connectivity index (χ4v) is 1.53. The minimum absolute atomic E-state index is 0.162. The van der Waals surface area contributed by atoms with E-state index in [9.17, 15) is 0 Å². The van der Waals surface area contributed by atoms with Crippen LogP contribution in [0.25, 0.3) is 0 Å². The molecule has 2 saturated heterocycles. The van der Waals surface area contributed by atoms with Crippen molar-refractivity contribution in [3.63, 3.8) is 0 Å². The van der Waals surface area contributed by atoms with Crippen molar-refractivity contribution in [2.75, 3.05) is 0 Å². The molecule has 3 atom stereocenters. The molecule has 10 heavy (non-hydrogen) atoms. The molecule has 2 fully saturated rings. The normalized spacial score (nSPS) is 47.1. The Kier molecular flexibility index (Phi) is 1.66. The molecule has 0 radical (unpaired) electrons. The average molecular weight is 142 g/mol. The molecule has 2 heteroatoms. The SMILES string of the molecule is CC1CCCCC2OC2O1. The molecule has 58 valence electrons. The molecule has 0 N–H and O–H groups in total. The summed E-state index contributed by atoms with van der Waals surface area (Å²) in [5, 5.41) is 0. The van der Waals surface area contributed by atoms with Crippen molar-refractivity contribution in [2.45, 2.75) is 51.1 Å². The van der Waals surface area contributed by atoms with E-state index >= 15 is 0 Å². The largest absolute Gasteiger partial charge is 0.347 e. The Labute approximate surface area is 61.5 Å². The number of rotatable bonds is 0. The first-order valence-electron chi connectivity index (χ1n) is 4.17. The van der Waals surface area contributed by atoms with Gasteiger partial charge in [0.15, 0.2) is 6.29 Å². The maximum atomic E-state index is 5.54. The van der Waals surface area contributed by atoms with Gasteiger partial charge in [0.05, 0.1) is 6.10 Å². The van der Waals surface area contributed by atoms with Crippen LogP contribution in [0.5, 0.6) is 0 Å². The fraction of sp³-hybridized carbons (Fsp3) is 1.00. The van der Waals surface area contributed by atoms with Crippen LogP contribution in [0.1, 0.15) is 32.6 Å². The van der Waals surface area contributed by atoms with Crippen molar-refractivity contribution < 1.29 is 9.47 Å². The van der Waals surface area contributed by atoms with Crippen LogP contribution >= 0.6 is 0 Å². The number of epoxide rings is 1. The molecule has 2 rings (SSSR count). The van der Waals surface area contributed by atoms with Gasteiger partial charge in [-0.15, -0.1) is 0 Å². The van der Waals surface area contributed by atoms with Gasteiger partial charge in [-0.2, -0.15) is 0 Å². The van der Waals surface area contributed by atoms with E-state index in [2.05, 4.69) is 6.92 Å². The zero-order valence-corrected chi connectivity index (χ0v) is 6.38. The second-order valence-corrected chi connectivity index (χ2v) is 3.27. The highest BCUT2D eigenvalue weighted by Gasteiger charge is 2.41. The molecule has 0 spiro atoms. The summed E-state index contributed by atoms with van der Waals surface area (Å²) in [6.07, 6.45) is 6.04. The third-order valence-corrected chi connectivity index (χ3v) is 2.25. The molecule has 2 aliphatic heterocycles. The quantitative estimate of drug-likeness (QED) is 0.480. The molecule has 2 heterocycles. The Morgan fingerprint density at radius 3 is 2.80 bits per heavy atom. The molecule has 2 nitrogen and oxygen atoms in total. The average Bonchev–Trinajstić information content (AvgIpc) is 2.54. The van der Waals surface area contributed by atoms with Crippen LogP contribution in [0, 0.1) is 0 Å². The Bertz CT molecular complexity index is 124. The van der Waals surface area contributed by atoms with Crippen molar-refractivity contribution in [3.8, 4) is 0 Å². The highest BCUT2D eigenvalue weighted by Crippen LogP contribution is 2.32. The van der Waals surface area contributed by atoms with Gasteiger partial charge in [-0.05, 0) is 19.8 Å². The van der Waals surface area contributed by atoms with Crippen molar-refractivity contribution in [3.05, 3.63) is 0 Å². The predicted molar refractivity (Wildman–Crippen MR) is 37.7 cm³/mol. The molecule has 3 unspecified atom stereocenters. The molecule has 0 amide bonds. The zero-order valence-electron chi connectivity index (χ0n) is 6.38. The maximum absolute atomic E-state index is 5.54. The van der Waals surface area contributed by atoms with Gasteiger partial charge in [-0.1, -0.05) is 12.8 Å². The Morgan fingerprint density at radius 2 is 1.90 bits per heavy atom. The predicted octanol–water partition coefficient (Wildman–Crippen LogP) is 1.69. The second kappa shape index (κ2) is 2.51. The van der Waals surface area contributed by atoms with E-state index in [1.807, 2.05) is 0 Å². The van der Waals surface area contributed by atoms with Gasteiger partial charge in [0.2, 0.25) is 0 Å². The molecule has 0 aliphatic carbocycles. The van der Waals surface area contributed by atoms with Crippen LogP contribution in [0.15, 0.2) is 0 Å². The Hall–Kier alpha value is -0.0800. The van der Waals surface area contributed by atoms with Gasteiger partial charge in [0, 0.05) is 0 Å². The monoisotopic (exact) mass is 142 g/mol. The second-order valence-electron chi connectivity index (χ2n) is 3.27. The minimum atomic E-state index is 0.162. The molecule has 0 saturated carbocycles. The van der Waals surface area contributed by atoms with Crippen molar-refractivity contribution >= 4 is 0 Å². The maximum Gasteiger partial charge on any atom is 0.184 e. The van der Waals surface area contributed by atoms with Crippen LogP contribution in [0.2, 0.25) is 0 Å². The molecule has 0 bridgehead atoms. The first-order valence-corrected chi connectivity index (χ1v) is 4.17. The minimum Gasteiger partial charge on any atom is -0.347 e. The van der Waals surface area contributed by atoms with Crippen molar-refractivity contribution in [1.29, 1.82) is 0 Å². The van der Waals surface area contributed by atoms with Gasteiger partial charge in [0.1, 0.15) is 6.10 Å². The Morgan fingerprint density at radius 1 is 1.10 bits per heavy atom. The molecule has 0 aromatic heterocycles. The van der Waals surface area contributed by atoms with Crippen LogP contribution in [-0.4, -0.2) is 18.5 Å². The molecular weight excluding hydrogens is 128 g/mol. The van der Waals surface area contributed by atoms with Crippen LogP contribution in [-0.2, 0) is 9.47 Å². The number of fused-ring (bicyclic) bond motifs is 1. The summed E-state index contributed by atoms with van der Waals surface area (Å²) in [6.45, 7) is 2.13. The van der Waals surface area contributed by atoms with E-state index in [1.165, 1.54) is 25.7 Å². The van der Waals surface area contributed by atoms with E-state index < -0.39 is 0 Å². The van der Waals surface area contributed by atoms with E-state index in [4.69, 9.17) is 9.47 Å². The molecule has 2 aliphatic rings. The topological polar surface area (TPSA) is 21.8 Å². The van der Waals surface area contributed by atoms with E-state index in [1.54, 1.807) is 0 Å². The first-order chi connectivity index (χ1) is 4.86. The summed E-state index contributed by atoms with van der Waals surface area (Å²) in [5.41, 5.74) is 0. The lowest BCUT2D eigenvalue weighted by molar-refractivity contribution is -0.00741. The lowest BCUT2D eigenvalue weighted by Crippen LogP contribution is -2.14. The van der Waals surface area contributed by atoms with E-state index in [0.29, 0.717) is 12.2 Å². The van der Waals surface area contributed by atoms with Gasteiger partial charge in [-0.3, -0.25) is 0 Å². The highest BCUT2D eigenvalue weighted by molar-refractivity contribution is 4.79. The van der Waals surface area contributed by atoms with E-state index in [-0.39, 0.29) is 6.29 Å². The number of ether oxygens (including phenoxy) is 2. The molecule has 0 aromatic rings. The van der Waals surface area contributed by atoms with Gasteiger partial charge in [-0.25, -0.2) is 0 Å². The third-order valence-electron chi connectivity index (χ3n) is 2.25. The summed E-state index contributed by atoms with van der Waals surface area (Å²) in [5.74, 6) is 0. The number of hydrogen-bond acceptors (Lipinski definition) is 2. The van der Waals surface area contributed by atoms with Crippen LogP contribution in [0.4, 0.5) is 0 Å². The molecule has 0 aromatic carbocycles. The van der Waals surface area contributed by atoms with E-state index in [0.717, 1.165) is 0 Å². The van der Waals surface area contributed by atoms with Gasteiger partial charge < -0.3 is 9.47 Å². The summed E-state index contributed by atoms with van der Waals surface area (Å²) < 4.78 is 10.8. The zero-order chi connectivity index (χ0) is 6.97. The van der Waals surface area contributed by atoms with Gasteiger partial charge in [0.25, 0.3) is 0 Å². The first kappa shape index (κ1) is 6.62. The van der Waals surface area contributed by atoms with Gasteiger partial charge >= 0.3 is 0 Å². The van der Waals surface area contributed by atoms with Crippen molar-refractivity contribution in [2.24, 2.45) is 0 Å². The fourth-order valence-electron chi connectivity index (χ4n) is 1.53. The van der Waals surface area contributed by atoms with Crippen LogP contribution in [0.3, 0.4) is 0 Å². The standard InChI is InChI=1S/C8H14O2/c1-6-4-2-3-5-7-8(9-6)10-7/h6-8H,2-5H2,1H3.